The van der Waals surface area contributed by atoms with Crippen molar-refractivity contribution in [2.45, 2.75) is 20.0 Å². The van der Waals surface area contributed by atoms with E-state index in [-0.39, 0.29) is 0 Å². The number of anilines is 1. The quantitative estimate of drug-likeness (QED) is 0.649. The van der Waals surface area contributed by atoms with E-state index in [1.807, 2.05) is 7.05 Å². The van der Waals surface area contributed by atoms with Crippen LogP contribution in [-0.4, -0.2) is 12.0 Å². The van der Waals surface area contributed by atoms with Gasteiger partial charge in [-0.05, 0) is 24.1 Å². The molecule has 2 rings (SSSR count). The number of hydrogen-bond donors (Lipinski definition) is 2. The fraction of sp³-hybridized carbons (Fsp3) is 0.444. The molecule has 0 radical (unpaired) electrons. The van der Waals surface area contributed by atoms with Crippen LogP contribution >= 0.6 is 0 Å². The third-order valence-electron chi connectivity index (χ3n) is 2.23. The number of rotatable bonds is 1. The largest absolute Gasteiger partial charge is 0.373 e. The fourth-order valence-corrected chi connectivity index (χ4v) is 1.58. The Hall–Kier alpha value is -1.09. The SMILES string of the molecule is CNc1nc2c(cc1C)CNC2. The Morgan fingerprint density at radius 3 is 3.08 bits per heavy atom. The maximum atomic E-state index is 4.50. The molecule has 1 aliphatic heterocycles. The minimum Gasteiger partial charge on any atom is -0.373 e. The van der Waals surface area contributed by atoms with Crippen LogP contribution in [0.25, 0.3) is 0 Å². The molecule has 0 amide bonds. The Labute approximate surface area is 72.2 Å². The summed E-state index contributed by atoms with van der Waals surface area (Å²) in [5.74, 6) is 0.998. The Morgan fingerprint density at radius 1 is 1.50 bits per heavy atom. The van der Waals surface area contributed by atoms with Crippen molar-refractivity contribution < 1.29 is 0 Å². The van der Waals surface area contributed by atoms with Gasteiger partial charge in [0.25, 0.3) is 0 Å². The first-order valence-electron chi connectivity index (χ1n) is 4.19. The van der Waals surface area contributed by atoms with Gasteiger partial charge in [0, 0.05) is 20.1 Å². The van der Waals surface area contributed by atoms with Gasteiger partial charge in [-0.3, -0.25) is 0 Å². The second-order valence-corrected chi connectivity index (χ2v) is 3.11. The molecule has 3 nitrogen and oxygen atoms in total. The molecule has 0 bridgehead atoms. The zero-order valence-corrected chi connectivity index (χ0v) is 7.44. The number of hydrogen-bond acceptors (Lipinski definition) is 3. The average Bonchev–Trinajstić information content (AvgIpc) is 2.49. The number of nitrogens with zero attached hydrogens (tertiary/aromatic N) is 1. The van der Waals surface area contributed by atoms with Crippen molar-refractivity contribution >= 4 is 5.82 Å². The fourth-order valence-electron chi connectivity index (χ4n) is 1.58. The molecule has 0 unspecified atom stereocenters. The highest BCUT2D eigenvalue weighted by molar-refractivity contribution is 5.47. The van der Waals surface area contributed by atoms with E-state index >= 15 is 0 Å². The van der Waals surface area contributed by atoms with Gasteiger partial charge in [-0.1, -0.05) is 0 Å². The maximum Gasteiger partial charge on any atom is 0.128 e. The van der Waals surface area contributed by atoms with Gasteiger partial charge in [-0.25, -0.2) is 4.98 Å². The average molecular weight is 163 g/mol. The molecule has 2 N–H and O–H groups in total. The summed E-state index contributed by atoms with van der Waals surface area (Å²) in [5, 5.41) is 6.36. The molecule has 1 aromatic heterocycles. The Morgan fingerprint density at radius 2 is 2.33 bits per heavy atom. The molecule has 12 heavy (non-hydrogen) atoms. The first-order chi connectivity index (χ1) is 5.81. The summed E-state index contributed by atoms with van der Waals surface area (Å²) in [6.07, 6.45) is 0. The molecule has 3 heteroatoms. The van der Waals surface area contributed by atoms with E-state index in [0.29, 0.717) is 0 Å². The molecule has 1 aliphatic rings. The zero-order chi connectivity index (χ0) is 8.55. The Bertz CT molecular complexity index is 306. The number of fused-ring (bicyclic) bond motifs is 1. The lowest BCUT2D eigenvalue weighted by Gasteiger charge is -2.06. The third-order valence-corrected chi connectivity index (χ3v) is 2.23. The van der Waals surface area contributed by atoms with E-state index < -0.39 is 0 Å². The molecule has 0 atom stereocenters. The van der Waals surface area contributed by atoms with E-state index in [4.69, 9.17) is 0 Å². The van der Waals surface area contributed by atoms with Gasteiger partial charge in [0.2, 0.25) is 0 Å². The van der Waals surface area contributed by atoms with Crippen molar-refractivity contribution in [3.05, 3.63) is 22.9 Å². The summed E-state index contributed by atoms with van der Waals surface area (Å²) in [6, 6.07) is 2.20. The molecular formula is C9H13N3. The molecule has 0 spiro atoms. The monoisotopic (exact) mass is 163 g/mol. The van der Waals surface area contributed by atoms with Crippen LogP contribution in [0.4, 0.5) is 5.82 Å². The molecule has 0 aromatic carbocycles. The van der Waals surface area contributed by atoms with Crippen LogP contribution in [0.3, 0.4) is 0 Å². The topological polar surface area (TPSA) is 37.0 Å². The van der Waals surface area contributed by atoms with E-state index in [0.717, 1.165) is 18.9 Å². The predicted octanol–water partition coefficient (Wildman–Crippen LogP) is 1.03. The van der Waals surface area contributed by atoms with Gasteiger partial charge in [0.15, 0.2) is 0 Å². The van der Waals surface area contributed by atoms with Gasteiger partial charge < -0.3 is 10.6 Å². The highest BCUT2D eigenvalue weighted by atomic mass is 15.0. The molecule has 0 saturated carbocycles. The molecule has 0 aliphatic carbocycles. The first-order valence-corrected chi connectivity index (χ1v) is 4.19. The van der Waals surface area contributed by atoms with Crippen molar-refractivity contribution in [2.24, 2.45) is 0 Å². The standard InChI is InChI=1S/C9H13N3/c1-6-3-7-4-11-5-8(7)12-9(6)10-2/h3,11H,4-5H2,1-2H3,(H,10,12). The van der Waals surface area contributed by atoms with Crippen LogP contribution in [0.2, 0.25) is 0 Å². The van der Waals surface area contributed by atoms with Crippen LogP contribution in [0.1, 0.15) is 16.8 Å². The molecule has 0 saturated heterocycles. The molecule has 1 aromatic rings. The van der Waals surface area contributed by atoms with Crippen molar-refractivity contribution in [2.75, 3.05) is 12.4 Å². The summed E-state index contributed by atoms with van der Waals surface area (Å²) < 4.78 is 0. The van der Waals surface area contributed by atoms with Gasteiger partial charge in [0.05, 0.1) is 5.69 Å². The van der Waals surface area contributed by atoms with Gasteiger partial charge in [-0.15, -0.1) is 0 Å². The highest BCUT2D eigenvalue weighted by Gasteiger charge is 2.12. The van der Waals surface area contributed by atoms with Crippen LogP contribution in [0, 0.1) is 6.92 Å². The van der Waals surface area contributed by atoms with Gasteiger partial charge in [0.1, 0.15) is 5.82 Å². The summed E-state index contributed by atoms with van der Waals surface area (Å²) in [5.41, 5.74) is 3.75. The van der Waals surface area contributed by atoms with Gasteiger partial charge >= 0.3 is 0 Å². The van der Waals surface area contributed by atoms with Crippen molar-refractivity contribution in [1.82, 2.24) is 10.3 Å². The van der Waals surface area contributed by atoms with Crippen LogP contribution < -0.4 is 10.6 Å². The Balaban J connectivity index is 2.49. The van der Waals surface area contributed by atoms with Crippen molar-refractivity contribution in [3.8, 4) is 0 Å². The lowest BCUT2D eigenvalue weighted by atomic mass is 10.1. The van der Waals surface area contributed by atoms with Crippen LogP contribution in [0.15, 0.2) is 6.07 Å². The number of aryl methyl sites for hydroxylation is 1. The van der Waals surface area contributed by atoms with Crippen LogP contribution in [0.5, 0.6) is 0 Å². The van der Waals surface area contributed by atoms with Crippen molar-refractivity contribution in [3.63, 3.8) is 0 Å². The third kappa shape index (κ3) is 1.06. The summed E-state index contributed by atoms with van der Waals surface area (Å²) in [6.45, 7) is 3.95. The normalized spacial score (nSPS) is 14.5. The minimum absolute atomic E-state index is 0.907. The van der Waals surface area contributed by atoms with E-state index in [9.17, 15) is 0 Å². The van der Waals surface area contributed by atoms with E-state index in [1.54, 1.807) is 0 Å². The summed E-state index contributed by atoms with van der Waals surface area (Å²) in [4.78, 5) is 4.50. The zero-order valence-electron chi connectivity index (χ0n) is 7.44. The van der Waals surface area contributed by atoms with E-state index in [1.165, 1.54) is 16.8 Å². The maximum absolute atomic E-state index is 4.50. The van der Waals surface area contributed by atoms with Crippen LogP contribution in [-0.2, 0) is 13.1 Å². The summed E-state index contributed by atoms with van der Waals surface area (Å²) in [7, 11) is 1.91. The lowest BCUT2D eigenvalue weighted by molar-refractivity contribution is 0.758. The minimum atomic E-state index is 0.907. The Kier molecular flexibility index (Phi) is 1.73. The molecule has 2 heterocycles. The number of nitrogens with one attached hydrogen (secondary N) is 2. The second-order valence-electron chi connectivity index (χ2n) is 3.11. The second kappa shape index (κ2) is 2.75. The van der Waals surface area contributed by atoms with Crippen molar-refractivity contribution in [1.29, 1.82) is 0 Å². The number of aromatic nitrogens is 1. The highest BCUT2D eigenvalue weighted by Crippen LogP contribution is 2.19. The lowest BCUT2D eigenvalue weighted by Crippen LogP contribution is -2.01. The smallest absolute Gasteiger partial charge is 0.128 e. The molecular weight excluding hydrogens is 150 g/mol. The first kappa shape index (κ1) is 7.55. The number of pyridine rings is 1. The van der Waals surface area contributed by atoms with Gasteiger partial charge in [-0.2, -0.15) is 0 Å². The molecule has 0 fully saturated rings. The predicted molar refractivity (Wildman–Crippen MR) is 49.1 cm³/mol. The van der Waals surface area contributed by atoms with E-state index in [2.05, 4.69) is 28.6 Å². The molecule has 64 valence electrons. The summed E-state index contributed by atoms with van der Waals surface area (Å²) >= 11 is 0.